The van der Waals surface area contributed by atoms with Crippen molar-refractivity contribution in [2.45, 2.75) is 6.92 Å². The van der Waals surface area contributed by atoms with Crippen molar-refractivity contribution in [2.24, 2.45) is 0 Å². The van der Waals surface area contributed by atoms with Crippen molar-refractivity contribution in [3.05, 3.63) is 53.1 Å². The molecule has 2 aromatic carbocycles. The van der Waals surface area contributed by atoms with Crippen LogP contribution in [0.4, 0.5) is 10.8 Å². The van der Waals surface area contributed by atoms with Gasteiger partial charge in [0.05, 0.1) is 10.2 Å². The summed E-state index contributed by atoms with van der Waals surface area (Å²) in [7, 11) is 0. The van der Waals surface area contributed by atoms with E-state index in [4.69, 9.17) is 11.6 Å². The molecule has 0 bridgehead atoms. The second kappa shape index (κ2) is 4.59. The van der Waals surface area contributed by atoms with E-state index >= 15 is 0 Å². The van der Waals surface area contributed by atoms with Crippen LogP contribution in [-0.4, -0.2) is 4.98 Å². The molecule has 0 atom stereocenters. The molecule has 3 aromatic rings. The molecule has 1 heterocycles. The molecule has 0 aliphatic heterocycles. The lowest BCUT2D eigenvalue weighted by atomic mass is 10.2. The summed E-state index contributed by atoms with van der Waals surface area (Å²) < 4.78 is 1.20. The predicted molar refractivity (Wildman–Crippen MR) is 79.1 cm³/mol. The van der Waals surface area contributed by atoms with Crippen molar-refractivity contribution >= 4 is 44.0 Å². The molecule has 0 saturated carbocycles. The number of thiazole rings is 1. The van der Waals surface area contributed by atoms with Gasteiger partial charge >= 0.3 is 0 Å². The Bertz CT molecular complexity index is 689. The number of fused-ring (bicyclic) bond motifs is 1. The summed E-state index contributed by atoms with van der Waals surface area (Å²) in [6, 6.07) is 13.8. The fraction of sp³-hybridized carbons (Fsp3) is 0.0714. The predicted octanol–water partition coefficient (Wildman–Crippen LogP) is 5.00. The van der Waals surface area contributed by atoms with Crippen molar-refractivity contribution in [1.82, 2.24) is 4.98 Å². The van der Waals surface area contributed by atoms with Crippen molar-refractivity contribution in [1.29, 1.82) is 0 Å². The molecule has 90 valence electrons. The van der Waals surface area contributed by atoms with Gasteiger partial charge in [0.2, 0.25) is 0 Å². The van der Waals surface area contributed by atoms with Gasteiger partial charge in [-0.15, -0.1) is 0 Å². The highest BCUT2D eigenvalue weighted by molar-refractivity contribution is 7.22. The van der Waals surface area contributed by atoms with Gasteiger partial charge in [-0.2, -0.15) is 0 Å². The Labute approximate surface area is 114 Å². The quantitative estimate of drug-likeness (QED) is 0.711. The van der Waals surface area contributed by atoms with E-state index in [0.717, 1.165) is 21.4 Å². The van der Waals surface area contributed by atoms with Crippen molar-refractivity contribution in [3.63, 3.8) is 0 Å². The number of nitrogens with zero attached hydrogens (tertiary/aromatic N) is 1. The lowest BCUT2D eigenvalue weighted by Crippen LogP contribution is -1.88. The average molecular weight is 275 g/mol. The van der Waals surface area contributed by atoms with Crippen molar-refractivity contribution < 1.29 is 0 Å². The van der Waals surface area contributed by atoms with Crippen LogP contribution < -0.4 is 5.32 Å². The van der Waals surface area contributed by atoms with Gasteiger partial charge in [0, 0.05) is 10.7 Å². The van der Waals surface area contributed by atoms with Crippen LogP contribution >= 0.6 is 22.9 Å². The number of nitrogens with one attached hydrogen (secondary N) is 1. The Kier molecular flexibility index (Phi) is 2.94. The monoisotopic (exact) mass is 274 g/mol. The first kappa shape index (κ1) is 11.5. The minimum absolute atomic E-state index is 0.737. The van der Waals surface area contributed by atoms with Crippen LogP contribution in [0.15, 0.2) is 42.5 Å². The lowest BCUT2D eigenvalue weighted by Gasteiger charge is -2.01. The molecular formula is C14H11ClN2S. The van der Waals surface area contributed by atoms with Crippen LogP contribution in [0.1, 0.15) is 5.56 Å². The van der Waals surface area contributed by atoms with Crippen LogP contribution in [0, 0.1) is 6.92 Å². The topological polar surface area (TPSA) is 24.9 Å². The maximum atomic E-state index is 5.86. The third-order valence-electron chi connectivity index (χ3n) is 2.72. The number of benzene rings is 2. The average Bonchev–Trinajstić information content (AvgIpc) is 2.76. The lowest BCUT2D eigenvalue weighted by molar-refractivity contribution is 1.40. The minimum atomic E-state index is 0.737. The molecule has 3 rings (SSSR count). The summed E-state index contributed by atoms with van der Waals surface area (Å²) in [6.45, 7) is 2.08. The summed E-state index contributed by atoms with van der Waals surface area (Å²) in [5.41, 5.74) is 3.27. The number of hydrogen-bond acceptors (Lipinski definition) is 3. The van der Waals surface area contributed by atoms with Gasteiger partial charge in [-0.25, -0.2) is 4.98 Å². The largest absolute Gasteiger partial charge is 0.332 e. The standard InChI is InChI=1S/C14H11ClN2S/c1-9-3-2-4-12-13(9)17-14(18-12)16-11-7-5-10(15)6-8-11/h2-8H,1H3,(H,16,17). The smallest absolute Gasteiger partial charge is 0.188 e. The maximum Gasteiger partial charge on any atom is 0.188 e. The molecule has 0 amide bonds. The summed E-state index contributed by atoms with van der Waals surface area (Å²) in [5, 5.41) is 4.94. The molecule has 0 spiro atoms. The maximum absolute atomic E-state index is 5.86. The Morgan fingerprint density at radius 2 is 1.89 bits per heavy atom. The number of anilines is 2. The zero-order valence-corrected chi connectivity index (χ0v) is 11.3. The molecule has 0 saturated heterocycles. The van der Waals surface area contributed by atoms with E-state index in [1.54, 1.807) is 11.3 Å². The molecule has 0 radical (unpaired) electrons. The Morgan fingerprint density at radius 3 is 2.61 bits per heavy atom. The van der Waals surface area contributed by atoms with E-state index in [0.29, 0.717) is 0 Å². The van der Waals surface area contributed by atoms with Gasteiger partial charge in [-0.1, -0.05) is 35.1 Å². The molecule has 4 heteroatoms. The first-order valence-corrected chi connectivity index (χ1v) is 6.80. The molecule has 0 aliphatic rings. The third-order valence-corrected chi connectivity index (χ3v) is 3.90. The Balaban J connectivity index is 1.95. The van der Waals surface area contributed by atoms with Gasteiger partial charge in [0.15, 0.2) is 5.13 Å². The molecule has 0 unspecified atom stereocenters. The number of para-hydroxylation sites is 1. The zero-order valence-electron chi connectivity index (χ0n) is 9.77. The second-order valence-corrected chi connectivity index (χ2v) is 5.54. The number of rotatable bonds is 2. The van der Waals surface area contributed by atoms with Crippen molar-refractivity contribution in [3.8, 4) is 0 Å². The summed E-state index contributed by atoms with van der Waals surface area (Å²) in [6.07, 6.45) is 0. The highest BCUT2D eigenvalue weighted by Gasteiger charge is 2.05. The first-order chi connectivity index (χ1) is 8.72. The van der Waals surface area contributed by atoms with Crippen LogP contribution in [-0.2, 0) is 0 Å². The summed E-state index contributed by atoms with van der Waals surface area (Å²) in [5.74, 6) is 0. The van der Waals surface area contributed by atoms with Crippen LogP contribution in [0.3, 0.4) is 0 Å². The molecule has 0 fully saturated rings. The van der Waals surface area contributed by atoms with E-state index < -0.39 is 0 Å². The van der Waals surface area contributed by atoms with Crippen LogP contribution in [0.25, 0.3) is 10.2 Å². The molecule has 1 aromatic heterocycles. The fourth-order valence-corrected chi connectivity index (χ4v) is 2.89. The number of halogens is 1. The second-order valence-electron chi connectivity index (χ2n) is 4.07. The fourth-order valence-electron chi connectivity index (χ4n) is 1.80. The van der Waals surface area contributed by atoms with Gasteiger partial charge in [0.25, 0.3) is 0 Å². The molecule has 1 N–H and O–H groups in total. The van der Waals surface area contributed by atoms with Gasteiger partial charge in [0.1, 0.15) is 0 Å². The van der Waals surface area contributed by atoms with E-state index in [1.807, 2.05) is 24.3 Å². The third kappa shape index (κ3) is 2.19. The van der Waals surface area contributed by atoms with Crippen LogP contribution in [0.2, 0.25) is 5.02 Å². The van der Waals surface area contributed by atoms with Gasteiger partial charge in [-0.05, 0) is 42.8 Å². The first-order valence-electron chi connectivity index (χ1n) is 5.61. The van der Waals surface area contributed by atoms with Gasteiger partial charge in [-0.3, -0.25) is 0 Å². The molecule has 0 aliphatic carbocycles. The SMILES string of the molecule is Cc1cccc2sc(Nc3ccc(Cl)cc3)nc12. The molecule has 18 heavy (non-hydrogen) atoms. The van der Waals surface area contributed by atoms with E-state index in [9.17, 15) is 0 Å². The summed E-state index contributed by atoms with van der Waals surface area (Å²) in [4.78, 5) is 4.60. The number of aryl methyl sites for hydroxylation is 1. The number of aromatic nitrogens is 1. The highest BCUT2D eigenvalue weighted by atomic mass is 35.5. The normalized spacial score (nSPS) is 10.8. The van der Waals surface area contributed by atoms with Crippen molar-refractivity contribution in [2.75, 3.05) is 5.32 Å². The summed E-state index contributed by atoms with van der Waals surface area (Å²) >= 11 is 7.51. The Morgan fingerprint density at radius 1 is 1.11 bits per heavy atom. The van der Waals surface area contributed by atoms with E-state index in [1.165, 1.54) is 10.3 Å². The number of hydrogen-bond donors (Lipinski definition) is 1. The molecular weight excluding hydrogens is 264 g/mol. The highest BCUT2D eigenvalue weighted by Crippen LogP contribution is 2.30. The van der Waals surface area contributed by atoms with E-state index in [2.05, 4.69) is 35.4 Å². The molecule has 2 nitrogen and oxygen atoms in total. The Hall–Kier alpha value is -1.58. The van der Waals surface area contributed by atoms with Gasteiger partial charge < -0.3 is 5.32 Å². The zero-order chi connectivity index (χ0) is 12.5. The van der Waals surface area contributed by atoms with Crippen LogP contribution in [0.5, 0.6) is 0 Å². The minimum Gasteiger partial charge on any atom is -0.332 e. The van der Waals surface area contributed by atoms with E-state index in [-0.39, 0.29) is 0 Å².